The molecule has 4 heteroatoms. The number of hydrogen-bond acceptors (Lipinski definition) is 2. The number of rotatable bonds is 3. The van der Waals surface area contributed by atoms with E-state index in [4.69, 9.17) is 0 Å². The second-order valence-corrected chi connectivity index (χ2v) is 5.08. The van der Waals surface area contributed by atoms with Crippen molar-refractivity contribution in [1.29, 1.82) is 0 Å². The van der Waals surface area contributed by atoms with Gasteiger partial charge in [0.2, 0.25) is 0 Å². The van der Waals surface area contributed by atoms with Crippen molar-refractivity contribution in [3.05, 3.63) is 46.7 Å². The van der Waals surface area contributed by atoms with Crippen LogP contribution in [-0.2, 0) is 0 Å². The molecule has 92 valence electrons. The lowest BCUT2D eigenvalue weighted by molar-refractivity contribution is 0.203. The van der Waals surface area contributed by atoms with Crippen molar-refractivity contribution < 1.29 is 4.39 Å². The van der Waals surface area contributed by atoms with E-state index in [1.54, 1.807) is 6.07 Å². The summed E-state index contributed by atoms with van der Waals surface area (Å²) in [4.78, 5) is 2.31. The molecule has 1 atom stereocenters. The van der Waals surface area contributed by atoms with Gasteiger partial charge in [0.25, 0.3) is 0 Å². The molecule has 1 aliphatic heterocycles. The maximum absolute atomic E-state index is 13.4. The van der Waals surface area contributed by atoms with Crippen LogP contribution >= 0.6 is 15.9 Å². The molecule has 0 bridgehead atoms. The first kappa shape index (κ1) is 12.7. The Bertz CT molecular complexity index is 382. The Morgan fingerprint density at radius 3 is 2.65 bits per heavy atom. The summed E-state index contributed by atoms with van der Waals surface area (Å²) in [5, 5.41) is 3.31. The van der Waals surface area contributed by atoms with Gasteiger partial charge in [0.15, 0.2) is 0 Å². The minimum atomic E-state index is -0.212. The normalized spacial score (nSPS) is 18.9. The third-order valence-electron chi connectivity index (χ3n) is 2.99. The highest BCUT2D eigenvalue weighted by molar-refractivity contribution is 9.10. The molecule has 1 heterocycles. The smallest absolute Gasteiger partial charge is 0.124 e. The van der Waals surface area contributed by atoms with Crippen LogP contribution in [0.4, 0.5) is 4.39 Å². The van der Waals surface area contributed by atoms with Gasteiger partial charge in [-0.15, -0.1) is 6.58 Å². The van der Waals surface area contributed by atoms with Crippen molar-refractivity contribution in [2.75, 3.05) is 26.2 Å². The van der Waals surface area contributed by atoms with E-state index in [0.717, 1.165) is 36.2 Å². The minimum Gasteiger partial charge on any atom is -0.314 e. The molecule has 2 nitrogen and oxygen atoms in total. The number of hydrogen-bond donors (Lipinski definition) is 1. The molecule has 17 heavy (non-hydrogen) atoms. The minimum absolute atomic E-state index is 0.0871. The van der Waals surface area contributed by atoms with Crippen molar-refractivity contribution >= 4 is 15.9 Å². The van der Waals surface area contributed by atoms with Crippen LogP contribution in [0, 0.1) is 5.82 Å². The third kappa shape index (κ3) is 3.15. The molecule has 1 fully saturated rings. The fraction of sp³-hybridized carbons (Fsp3) is 0.385. The van der Waals surface area contributed by atoms with E-state index < -0.39 is 0 Å². The van der Waals surface area contributed by atoms with Crippen molar-refractivity contribution in [3.8, 4) is 0 Å². The van der Waals surface area contributed by atoms with Gasteiger partial charge in [0.05, 0.1) is 6.04 Å². The first-order valence-corrected chi connectivity index (χ1v) is 6.53. The molecule has 0 amide bonds. The average Bonchev–Trinajstić information content (AvgIpc) is 2.30. The molecule has 0 unspecified atom stereocenters. The molecule has 1 aliphatic rings. The first-order valence-electron chi connectivity index (χ1n) is 5.74. The zero-order valence-electron chi connectivity index (χ0n) is 9.63. The average molecular weight is 299 g/mol. The predicted octanol–water partition coefficient (Wildman–Crippen LogP) is 2.72. The highest BCUT2D eigenvalue weighted by Crippen LogP contribution is 2.26. The number of piperazine rings is 1. The highest BCUT2D eigenvalue weighted by atomic mass is 79.9. The van der Waals surface area contributed by atoms with E-state index in [1.807, 2.05) is 12.1 Å². The first-order chi connectivity index (χ1) is 8.20. The van der Waals surface area contributed by atoms with Crippen molar-refractivity contribution in [3.63, 3.8) is 0 Å². The Hall–Kier alpha value is -0.710. The Balaban J connectivity index is 2.24. The van der Waals surface area contributed by atoms with E-state index in [-0.39, 0.29) is 11.9 Å². The van der Waals surface area contributed by atoms with E-state index in [0.29, 0.717) is 0 Å². The van der Waals surface area contributed by atoms with Gasteiger partial charge in [-0.2, -0.15) is 0 Å². The SMILES string of the molecule is C=C[C@@H](c1cc(F)cc(Br)c1)N1CCNCC1. The van der Waals surface area contributed by atoms with Crippen molar-refractivity contribution in [2.24, 2.45) is 0 Å². The van der Waals surface area contributed by atoms with Gasteiger partial charge >= 0.3 is 0 Å². The molecule has 0 saturated carbocycles. The van der Waals surface area contributed by atoms with Gasteiger partial charge in [0, 0.05) is 30.7 Å². The van der Waals surface area contributed by atoms with Gasteiger partial charge < -0.3 is 5.32 Å². The van der Waals surface area contributed by atoms with E-state index in [2.05, 4.69) is 32.7 Å². The molecule has 1 aromatic rings. The quantitative estimate of drug-likeness (QED) is 0.863. The molecule has 1 saturated heterocycles. The van der Waals surface area contributed by atoms with Crippen LogP contribution in [0.25, 0.3) is 0 Å². The van der Waals surface area contributed by atoms with Gasteiger partial charge in [-0.1, -0.05) is 22.0 Å². The summed E-state index contributed by atoms with van der Waals surface area (Å²) in [7, 11) is 0. The Morgan fingerprint density at radius 2 is 2.06 bits per heavy atom. The van der Waals surface area contributed by atoms with Crippen molar-refractivity contribution in [1.82, 2.24) is 10.2 Å². The number of nitrogens with zero attached hydrogens (tertiary/aromatic N) is 1. The van der Waals surface area contributed by atoms with E-state index >= 15 is 0 Å². The lowest BCUT2D eigenvalue weighted by atomic mass is 10.0. The summed E-state index contributed by atoms with van der Waals surface area (Å²) in [6, 6.07) is 5.10. The summed E-state index contributed by atoms with van der Waals surface area (Å²) in [5.41, 5.74) is 0.953. The van der Waals surface area contributed by atoms with Crippen LogP contribution in [0.3, 0.4) is 0 Å². The van der Waals surface area contributed by atoms with E-state index in [9.17, 15) is 4.39 Å². The van der Waals surface area contributed by atoms with Crippen LogP contribution in [0.1, 0.15) is 11.6 Å². The van der Waals surface area contributed by atoms with Gasteiger partial charge in [-0.05, 0) is 23.8 Å². The summed E-state index contributed by atoms with van der Waals surface area (Å²) < 4.78 is 14.2. The Labute approximate surface area is 110 Å². The van der Waals surface area contributed by atoms with Crippen molar-refractivity contribution in [2.45, 2.75) is 6.04 Å². The summed E-state index contributed by atoms with van der Waals surface area (Å²) >= 11 is 3.33. The van der Waals surface area contributed by atoms with Crippen LogP contribution < -0.4 is 5.32 Å². The Morgan fingerprint density at radius 1 is 1.35 bits per heavy atom. The molecule has 1 aromatic carbocycles. The van der Waals surface area contributed by atoms with Crippen LogP contribution in [0.15, 0.2) is 35.3 Å². The fourth-order valence-electron chi connectivity index (χ4n) is 2.20. The molecule has 1 N–H and O–H groups in total. The molecule has 2 rings (SSSR count). The molecule has 0 radical (unpaired) electrons. The monoisotopic (exact) mass is 298 g/mol. The lowest BCUT2D eigenvalue weighted by Gasteiger charge is -2.33. The number of halogens is 2. The second kappa shape index (κ2) is 5.76. The summed E-state index contributed by atoms with van der Waals surface area (Å²) in [6.07, 6.45) is 1.88. The second-order valence-electron chi connectivity index (χ2n) is 4.17. The van der Waals surface area contributed by atoms with Gasteiger partial charge in [-0.3, -0.25) is 4.90 Å². The molecular weight excluding hydrogens is 283 g/mol. The van der Waals surface area contributed by atoms with Gasteiger partial charge in [0.1, 0.15) is 5.82 Å². The number of nitrogens with one attached hydrogen (secondary N) is 1. The highest BCUT2D eigenvalue weighted by Gasteiger charge is 2.20. The molecule has 0 spiro atoms. The number of benzene rings is 1. The third-order valence-corrected chi connectivity index (χ3v) is 3.45. The zero-order valence-corrected chi connectivity index (χ0v) is 11.2. The van der Waals surface area contributed by atoms with Crippen LogP contribution in [-0.4, -0.2) is 31.1 Å². The van der Waals surface area contributed by atoms with Crippen LogP contribution in [0.5, 0.6) is 0 Å². The molecule has 0 aliphatic carbocycles. The maximum atomic E-state index is 13.4. The molecular formula is C13H16BrFN2. The molecule has 0 aromatic heterocycles. The summed E-state index contributed by atoms with van der Waals surface area (Å²) in [5.74, 6) is -0.212. The summed E-state index contributed by atoms with van der Waals surface area (Å²) in [6.45, 7) is 7.74. The maximum Gasteiger partial charge on any atom is 0.124 e. The van der Waals surface area contributed by atoms with Gasteiger partial charge in [-0.25, -0.2) is 4.39 Å². The largest absolute Gasteiger partial charge is 0.314 e. The fourth-order valence-corrected chi connectivity index (χ4v) is 2.69. The lowest BCUT2D eigenvalue weighted by Crippen LogP contribution is -2.44. The zero-order chi connectivity index (χ0) is 12.3. The van der Waals surface area contributed by atoms with Crippen LogP contribution in [0.2, 0.25) is 0 Å². The predicted molar refractivity (Wildman–Crippen MR) is 71.5 cm³/mol. The topological polar surface area (TPSA) is 15.3 Å². The van der Waals surface area contributed by atoms with E-state index in [1.165, 1.54) is 6.07 Å². The standard InChI is InChI=1S/C13H16BrFN2/c1-2-13(17-5-3-16-4-6-17)10-7-11(14)9-12(15)8-10/h2,7-9,13,16H,1,3-6H2/t13-/m0/s1. The Kier molecular flexibility index (Phi) is 4.31.